The molecule has 9 heteroatoms. The van der Waals surface area contributed by atoms with Crippen LogP contribution in [0.2, 0.25) is 0 Å². The maximum absolute atomic E-state index is 13.1. The molecule has 146 valence electrons. The molecule has 2 aromatic carbocycles. The Balaban J connectivity index is 1.79. The molecule has 0 aliphatic carbocycles. The highest BCUT2D eigenvalue weighted by molar-refractivity contribution is 7.92. The molecule has 2 N–H and O–H groups in total. The van der Waals surface area contributed by atoms with Gasteiger partial charge in [-0.3, -0.25) is 4.72 Å². The van der Waals surface area contributed by atoms with Gasteiger partial charge >= 0.3 is 6.18 Å². The van der Waals surface area contributed by atoms with Crippen LogP contribution in [0.3, 0.4) is 0 Å². The first kappa shape index (κ1) is 19.5. The normalized spacial score (nSPS) is 16.4. The van der Waals surface area contributed by atoms with Gasteiger partial charge in [0.2, 0.25) is 0 Å². The Kier molecular flexibility index (Phi) is 5.34. The average molecular weight is 400 g/mol. The van der Waals surface area contributed by atoms with Crippen LogP contribution in [-0.2, 0) is 16.2 Å². The van der Waals surface area contributed by atoms with Crippen molar-refractivity contribution >= 4 is 21.4 Å². The SMILES string of the molecule is C[NH+]1CCN(c2ccc(NS(=O)(=O)c3ccccc3C(F)(F)F)cc2)CC1. The molecule has 5 nitrogen and oxygen atoms in total. The maximum Gasteiger partial charge on any atom is 0.417 e. The van der Waals surface area contributed by atoms with Crippen molar-refractivity contribution in [1.29, 1.82) is 0 Å². The van der Waals surface area contributed by atoms with Crippen molar-refractivity contribution in [3.8, 4) is 0 Å². The van der Waals surface area contributed by atoms with Gasteiger partial charge in [-0.2, -0.15) is 13.2 Å². The van der Waals surface area contributed by atoms with Crippen LogP contribution in [0.5, 0.6) is 0 Å². The largest absolute Gasteiger partial charge is 0.417 e. The lowest BCUT2D eigenvalue weighted by Gasteiger charge is -2.31. The number of sulfonamides is 1. The van der Waals surface area contributed by atoms with Crippen LogP contribution in [0, 0.1) is 0 Å². The Morgan fingerprint density at radius 3 is 2.19 bits per heavy atom. The number of nitrogens with one attached hydrogen (secondary N) is 2. The number of piperazine rings is 1. The zero-order chi connectivity index (χ0) is 19.7. The van der Waals surface area contributed by atoms with Crippen LogP contribution in [-0.4, -0.2) is 41.6 Å². The number of alkyl halides is 3. The van der Waals surface area contributed by atoms with Gasteiger partial charge in [0.15, 0.2) is 0 Å². The minimum absolute atomic E-state index is 0.218. The summed E-state index contributed by atoms with van der Waals surface area (Å²) in [7, 11) is -2.23. The molecular weight excluding hydrogens is 379 g/mol. The number of anilines is 2. The van der Waals surface area contributed by atoms with Crippen molar-refractivity contribution in [2.75, 3.05) is 42.8 Å². The van der Waals surface area contributed by atoms with Crippen molar-refractivity contribution in [3.63, 3.8) is 0 Å². The summed E-state index contributed by atoms with van der Waals surface area (Å²) in [5.74, 6) is 0. The van der Waals surface area contributed by atoms with Crippen LogP contribution in [0.25, 0.3) is 0 Å². The van der Waals surface area contributed by atoms with E-state index in [9.17, 15) is 21.6 Å². The molecule has 0 saturated carbocycles. The molecule has 3 rings (SSSR count). The summed E-state index contributed by atoms with van der Waals surface area (Å²) in [6.45, 7) is 3.83. The Morgan fingerprint density at radius 2 is 1.59 bits per heavy atom. The quantitative estimate of drug-likeness (QED) is 0.824. The third-order valence-corrected chi connectivity index (χ3v) is 6.02. The molecule has 1 heterocycles. The van der Waals surface area contributed by atoms with Crippen molar-refractivity contribution in [2.45, 2.75) is 11.1 Å². The number of rotatable bonds is 4. The zero-order valence-electron chi connectivity index (χ0n) is 14.8. The van der Waals surface area contributed by atoms with Crippen molar-refractivity contribution in [2.24, 2.45) is 0 Å². The first-order valence-corrected chi connectivity index (χ1v) is 10.0. The summed E-state index contributed by atoms with van der Waals surface area (Å²) in [6, 6.07) is 10.8. The van der Waals surface area contributed by atoms with Crippen molar-refractivity contribution < 1.29 is 26.5 Å². The van der Waals surface area contributed by atoms with Gasteiger partial charge in [-0.1, -0.05) is 12.1 Å². The Hall–Kier alpha value is -2.26. The van der Waals surface area contributed by atoms with Crippen LogP contribution >= 0.6 is 0 Å². The minimum atomic E-state index is -4.75. The molecule has 0 unspecified atom stereocenters. The van der Waals surface area contributed by atoms with Crippen LogP contribution < -0.4 is 14.5 Å². The van der Waals surface area contributed by atoms with E-state index in [1.165, 1.54) is 11.0 Å². The molecule has 0 bridgehead atoms. The number of benzene rings is 2. The maximum atomic E-state index is 13.1. The summed E-state index contributed by atoms with van der Waals surface area (Å²) in [4.78, 5) is 2.87. The fraction of sp³-hybridized carbons (Fsp3) is 0.333. The van der Waals surface area contributed by atoms with Crippen LogP contribution in [0.15, 0.2) is 53.4 Å². The lowest BCUT2D eigenvalue weighted by atomic mass is 10.2. The molecule has 27 heavy (non-hydrogen) atoms. The van der Waals surface area contributed by atoms with E-state index in [0.29, 0.717) is 0 Å². The van der Waals surface area contributed by atoms with Gasteiger partial charge in [0.1, 0.15) is 0 Å². The highest BCUT2D eigenvalue weighted by Crippen LogP contribution is 2.34. The number of quaternary nitrogens is 1. The van der Waals surface area contributed by atoms with Gasteiger partial charge in [-0.05, 0) is 36.4 Å². The molecule has 0 atom stereocenters. The third kappa shape index (κ3) is 4.54. The van der Waals surface area contributed by atoms with Crippen LogP contribution in [0.4, 0.5) is 24.5 Å². The number of hydrogen-bond donors (Lipinski definition) is 2. The lowest BCUT2D eigenvalue weighted by Crippen LogP contribution is -3.12. The molecule has 0 aromatic heterocycles. The van der Waals surface area contributed by atoms with Crippen molar-refractivity contribution in [3.05, 3.63) is 54.1 Å². The van der Waals surface area contributed by atoms with E-state index in [0.717, 1.165) is 50.1 Å². The average Bonchev–Trinajstić information content (AvgIpc) is 2.62. The predicted molar refractivity (Wildman–Crippen MR) is 97.5 cm³/mol. The third-order valence-electron chi connectivity index (χ3n) is 4.58. The van der Waals surface area contributed by atoms with E-state index in [2.05, 4.69) is 16.7 Å². The van der Waals surface area contributed by atoms with Gasteiger partial charge in [0.05, 0.1) is 43.7 Å². The molecule has 1 aliphatic heterocycles. The monoisotopic (exact) mass is 400 g/mol. The fourth-order valence-electron chi connectivity index (χ4n) is 3.03. The van der Waals surface area contributed by atoms with Gasteiger partial charge in [0, 0.05) is 11.4 Å². The molecule has 0 radical (unpaired) electrons. The summed E-state index contributed by atoms with van der Waals surface area (Å²) >= 11 is 0. The second-order valence-corrected chi connectivity index (χ2v) is 8.24. The lowest BCUT2D eigenvalue weighted by molar-refractivity contribution is -0.880. The highest BCUT2D eigenvalue weighted by Gasteiger charge is 2.36. The standard InChI is InChI=1S/C18H20F3N3O2S/c1-23-10-12-24(13-11-23)15-8-6-14(7-9-15)22-27(25,26)17-5-3-2-4-16(17)18(19,20)21/h2-9,22H,10-13H2,1H3/p+1. The van der Waals surface area contributed by atoms with E-state index >= 15 is 0 Å². The fourth-order valence-corrected chi connectivity index (χ4v) is 4.32. The number of hydrogen-bond acceptors (Lipinski definition) is 3. The van der Waals surface area contributed by atoms with Gasteiger partial charge in [-0.15, -0.1) is 0 Å². The number of nitrogens with zero attached hydrogens (tertiary/aromatic N) is 1. The smallest absolute Gasteiger partial charge is 0.360 e. The first-order valence-electron chi connectivity index (χ1n) is 8.52. The molecule has 0 spiro atoms. The Morgan fingerprint density at radius 1 is 1.00 bits per heavy atom. The van der Waals surface area contributed by atoms with Crippen molar-refractivity contribution in [1.82, 2.24) is 0 Å². The topological polar surface area (TPSA) is 53.9 Å². The summed E-state index contributed by atoms with van der Waals surface area (Å²) in [5, 5.41) is 0. The molecule has 1 saturated heterocycles. The molecule has 0 amide bonds. The molecule has 2 aromatic rings. The highest BCUT2D eigenvalue weighted by atomic mass is 32.2. The first-order chi connectivity index (χ1) is 12.7. The number of halogens is 3. The van der Waals surface area contributed by atoms with Gasteiger partial charge in [-0.25, -0.2) is 8.42 Å². The Labute approximate surface area is 156 Å². The molecule has 1 aliphatic rings. The van der Waals surface area contributed by atoms with E-state index in [-0.39, 0.29) is 5.69 Å². The molecular formula is C18H21F3N3O2S+. The predicted octanol–water partition coefficient (Wildman–Crippen LogP) is 1.84. The number of likely N-dealkylation sites (N-methyl/N-ethyl adjacent to an activating group) is 1. The van der Waals surface area contributed by atoms with E-state index in [1.807, 2.05) is 0 Å². The Bertz CT molecular complexity index is 891. The zero-order valence-corrected chi connectivity index (χ0v) is 15.6. The summed E-state index contributed by atoms with van der Waals surface area (Å²) in [6.07, 6.45) is -4.75. The van der Waals surface area contributed by atoms with Crippen LogP contribution in [0.1, 0.15) is 5.56 Å². The molecule has 1 fully saturated rings. The summed E-state index contributed by atoms with van der Waals surface area (Å²) < 4.78 is 66.5. The van der Waals surface area contributed by atoms with E-state index in [4.69, 9.17) is 0 Å². The van der Waals surface area contributed by atoms with E-state index in [1.54, 1.807) is 24.3 Å². The van der Waals surface area contributed by atoms with E-state index < -0.39 is 26.7 Å². The second kappa shape index (κ2) is 7.40. The second-order valence-electron chi connectivity index (χ2n) is 6.59. The van der Waals surface area contributed by atoms with Gasteiger partial charge < -0.3 is 9.80 Å². The van der Waals surface area contributed by atoms with Gasteiger partial charge in [0.25, 0.3) is 10.0 Å². The summed E-state index contributed by atoms with van der Waals surface area (Å²) in [5.41, 5.74) is -0.00863. The minimum Gasteiger partial charge on any atom is -0.360 e.